The Kier molecular flexibility index (Phi) is 10.0. The fraction of sp³-hybridized carbons (Fsp3) is 0.394. The van der Waals surface area contributed by atoms with Crippen molar-refractivity contribution in [3.05, 3.63) is 105 Å². The number of aliphatic hydroxyl groups is 1. The van der Waals surface area contributed by atoms with Crippen LogP contribution in [-0.4, -0.2) is 57.2 Å². The zero-order valence-corrected chi connectivity index (χ0v) is 25.6. The van der Waals surface area contributed by atoms with Gasteiger partial charge in [0, 0.05) is 53.8 Å². The Hall–Kier alpha value is -3.86. The molecule has 5 rings (SSSR count). The average Bonchev–Trinajstić information content (AvgIpc) is 3.78. The summed E-state index contributed by atoms with van der Waals surface area (Å²) in [6.45, 7) is 7.37. The SMILES string of the molecule is Cc1csc(C2CCCN2C(=O)c2cccc(C(=O)NC(Cc3ccccc3)C(O)CNCc3cc(C(C)C)on3)c2)n1. The maximum atomic E-state index is 13.6. The Morgan fingerprint density at radius 1 is 1.12 bits per heavy atom. The van der Waals surface area contributed by atoms with Crippen LogP contribution in [0, 0.1) is 6.92 Å². The van der Waals surface area contributed by atoms with Crippen LogP contribution in [0.3, 0.4) is 0 Å². The normalized spacial score (nSPS) is 16.4. The van der Waals surface area contributed by atoms with Gasteiger partial charge in [-0.3, -0.25) is 9.59 Å². The second kappa shape index (κ2) is 14.1. The predicted molar refractivity (Wildman–Crippen MR) is 166 cm³/mol. The first-order valence-corrected chi connectivity index (χ1v) is 15.7. The van der Waals surface area contributed by atoms with Crippen LogP contribution in [0.4, 0.5) is 0 Å². The lowest BCUT2D eigenvalue weighted by atomic mass is 10.00. The van der Waals surface area contributed by atoms with Crippen LogP contribution in [0.25, 0.3) is 0 Å². The molecule has 0 saturated carbocycles. The fourth-order valence-electron chi connectivity index (χ4n) is 5.33. The van der Waals surface area contributed by atoms with Crippen LogP contribution < -0.4 is 10.6 Å². The predicted octanol–water partition coefficient (Wildman–Crippen LogP) is 5.03. The Morgan fingerprint density at radius 3 is 2.63 bits per heavy atom. The third kappa shape index (κ3) is 7.76. The van der Waals surface area contributed by atoms with E-state index in [-0.39, 0.29) is 30.3 Å². The molecule has 9 nitrogen and oxygen atoms in total. The molecule has 3 N–H and O–H groups in total. The summed E-state index contributed by atoms with van der Waals surface area (Å²) >= 11 is 1.58. The summed E-state index contributed by atoms with van der Waals surface area (Å²) in [5.41, 5.74) is 3.54. The smallest absolute Gasteiger partial charge is 0.254 e. The van der Waals surface area contributed by atoms with Gasteiger partial charge in [-0.05, 0) is 49.9 Å². The van der Waals surface area contributed by atoms with Gasteiger partial charge < -0.3 is 25.2 Å². The van der Waals surface area contributed by atoms with Crippen molar-refractivity contribution in [2.24, 2.45) is 0 Å². The van der Waals surface area contributed by atoms with Crippen LogP contribution in [0.2, 0.25) is 0 Å². The maximum Gasteiger partial charge on any atom is 0.254 e. The van der Waals surface area contributed by atoms with Gasteiger partial charge in [-0.1, -0.05) is 55.4 Å². The molecule has 2 amide bonds. The van der Waals surface area contributed by atoms with Crippen molar-refractivity contribution in [3.63, 3.8) is 0 Å². The molecule has 1 saturated heterocycles. The van der Waals surface area contributed by atoms with Gasteiger partial charge in [0.2, 0.25) is 0 Å². The average molecular weight is 602 g/mol. The first-order valence-electron chi connectivity index (χ1n) is 14.8. The van der Waals surface area contributed by atoms with Crippen LogP contribution in [-0.2, 0) is 13.0 Å². The van der Waals surface area contributed by atoms with Crippen molar-refractivity contribution in [1.29, 1.82) is 0 Å². The van der Waals surface area contributed by atoms with Gasteiger partial charge in [-0.25, -0.2) is 4.98 Å². The number of amides is 2. The molecule has 1 aliphatic rings. The van der Waals surface area contributed by atoms with Gasteiger partial charge in [0.1, 0.15) is 10.8 Å². The van der Waals surface area contributed by atoms with E-state index in [1.807, 2.05) is 67.4 Å². The van der Waals surface area contributed by atoms with Crippen molar-refractivity contribution in [3.8, 4) is 0 Å². The standard InChI is InChI=1S/C33H39N5O4S/c1-21(2)30-17-26(37-42-30)18-34-19-29(39)27(15-23-9-5-4-6-10-23)36-31(40)24-11-7-12-25(16-24)33(41)38-14-8-13-28(38)32-35-22(3)20-43-32/h4-7,9-12,16-17,20-21,27-29,34,39H,8,13-15,18-19H2,1-3H3,(H,36,40). The summed E-state index contributed by atoms with van der Waals surface area (Å²) in [5.74, 6) is 0.598. The molecule has 0 bridgehead atoms. The van der Waals surface area contributed by atoms with E-state index in [4.69, 9.17) is 4.52 Å². The van der Waals surface area contributed by atoms with Gasteiger partial charge in [-0.2, -0.15) is 0 Å². The number of hydrogen-bond acceptors (Lipinski definition) is 8. The van der Waals surface area contributed by atoms with E-state index in [9.17, 15) is 14.7 Å². The molecule has 43 heavy (non-hydrogen) atoms. The highest BCUT2D eigenvalue weighted by Gasteiger charge is 2.33. The molecular weight excluding hydrogens is 562 g/mol. The number of nitrogens with one attached hydrogen (secondary N) is 2. The second-order valence-corrected chi connectivity index (χ2v) is 12.3. The molecule has 3 heterocycles. The third-order valence-electron chi connectivity index (χ3n) is 7.69. The van der Waals surface area contributed by atoms with Gasteiger partial charge in [0.05, 0.1) is 23.9 Å². The van der Waals surface area contributed by atoms with E-state index in [2.05, 4.69) is 20.8 Å². The first-order chi connectivity index (χ1) is 20.8. The van der Waals surface area contributed by atoms with Crippen molar-refractivity contribution >= 4 is 23.2 Å². The molecule has 0 aliphatic carbocycles. The lowest BCUT2D eigenvalue weighted by Crippen LogP contribution is -2.48. The monoisotopic (exact) mass is 601 g/mol. The summed E-state index contributed by atoms with van der Waals surface area (Å²) in [4.78, 5) is 33.5. The number of hydrogen-bond donors (Lipinski definition) is 3. The minimum Gasteiger partial charge on any atom is -0.390 e. The lowest BCUT2D eigenvalue weighted by molar-refractivity contribution is 0.0735. The van der Waals surface area contributed by atoms with Crippen molar-refractivity contribution in [1.82, 2.24) is 25.7 Å². The number of aryl methyl sites for hydroxylation is 1. The number of carbonyl (C=O) groups is 2. The molecule has 2 aromatic heterocycles. The minimum atomic E-state index is -0.877. The van der Waals surface area contributed by atoms with Crippen LogP contribution in [0.1, 0.15) is 87.1 Å². The Bertz CT molecular complexity index is 1520. The summed E-state index contributed by atoms with van der Waals surface area (Å²) in [7, 11) is 0. The molecule has 1 aliphatic heterocycles. The first kappa shape index (κ1) is 30.6. The number of nitrogens with zero attached hydrogens (tertiary/aromatic N) is 3. The number of carbonyl (C=O) groups excluding carboxylic acids is 2. The number of benzene rings is 2. The zero-order valence-electron chi connectivity index (χ0n) is 24.8. The molecule has 1 fully saturated rings. The number of likely N-dealkylation sites (tertiary alicyclic amines) is 1. The minimum absolute atomic E-state index is 0.0456. The summed E-state index contributed by atoms with van der Waals surface area (Å²) in [6, 6.07) is 17.8. The maximum absolute atomic E-state index is 13.6. The summed E-state index contributed by atoms with van der Waals surface area (Å²) < 4.78 is 5.36. The van der Waals surface area contributed by atoms with Crippen molar-refractivity contribution < 1.29 is 19.2 Å². The molecule has 4 aromatic rings. The van der Waals surface area contributed by atoms with E-state index >= 15 is 0 Å². The van der Waals surface area contributed by atoms with Gasteiger partial charge in [0.25, 0.3) is 11.8 Å². The van der Waals surface area contributed by atoms with E-state index < -0.39 is 12.1 Å². The van der Waals surface area contributed by atoms with E-state index in [0.717, 1.165) is 40.6 Å². The third-order valence-corrected chi connectivity index (χ3v) is 8.76. The van der Waals surface area contributed by atoms with Crippen molar-refractivity contribution in [2.45, 2.75) is 70.7 Å². The molecule has 2 aromatic carbocycles. The zero-order chi connectivity index (χ0) is 30.3. The molecule has 226 valence electrons. The number of aliphatic hydroxyl groups excluding tert-OH is 1. The van der Waals surface area contributed by atoms with Gasteiger partial charge in [-0.15, -0.1) is 11.3 Å². The van der Waals surface area contributed by atoms with Crippen molar-refractivity contribution in [2.75, 3.05) is 13.1 Å². The summed E-state index contributed by atoms with van der Waals surface area (Å²) in [5, 5.41) is 24.5. The number of aromatic nitrogens is 2. The Labute approximate surface area is 256 Å². The van der Waals surface area contributed by atoms with E-state index in [0.29, 0.717) is 30.6 Å². The van der Waals surface area contributed by atoms with Crippen LogP contribution >= 0.6 is 11.3 Å². The highest BCUT2D eigenvalue weighted by Crippen LogP contribution is 2.34. The largest absolute Gasteiger partial charge is 0.390 e. The Morgan fingerprint density at radius 2 is 1.91 bits per heavy atom. The topological polar surface area (TPSA) is 121 Å². The summed E-state index contributed by atoms with van der Waals surface area (Å²) in [6.07, 6.45) is 1.36. The number of rotatable bonds is 12. The second-order valence-electron chi connectivity index (χ2n) is 11.4. The van der Waals surface area contributed by atoms with Crippen LogP contribution in [0.5, 0.6) is 0 Å². The van der Waals surface area contributed by atoms with E-state index in [1.165, 1.54) is 0 Å². The molecule has 0 spiro atoms. The highest BCUT2D eigenvalue weighted by atomic mass is 32.1. The fourth-order valence-corrected chi connectivity index (χ4v) is 6.27. The number of thiazole rings is 1. The van der Waals surface area contributed by atoms with Crippen LogP contribution in [0.15, 0.2) is 70.6 Å². The molecule has 10 heteroatoms. The molecular formula is C33H39N5O4S. The molecule has 3 unspecified atom stereocenters. The lowest BCUT2D eigenvalue weighted by Gasteiger charge is -2.25. The van der Waals surface area contributed by atoms with Gasteiger partial charge >= 0.3 is 0 Å². The van der Waals surface area contributed by atoms with E-state index in [1.54, 1.807) is 35.6 Å². The Balaban J connectivity index is 1.26. The molecule has 3 atom stereocenters. The van der Waals surface area contributed by atoms with Gasteiger partial charge in [0.15, 0.2) is 0 Å². The quantitative estimate of drug-likeness (QED) is 0.208. The molecule has 0 radical (unpaired) electrons. The highest BCUT2D eigenvalue weighted by molar-refractivity contribution is 7.09.